The number of hydrogen-bond acceptors (Lipinski definition) is 1. The minimum absolute atomic E-state index is 0.608. The summed E-state index contributed by atoms with van der Waals surface area (Å²) in [5, 5.41) is 0. The van der Waals surface area contributed by atoms with Crippen molar-refractivity contribution in [2.45, 2.75) is 40.5 Å². The largest absolute Gasteiger partial charge is 0.263 e. The fraction of sp³-hybridized carbons (Fsp3) is 0.700. The standard InChI is InChI=1S/C10H19N/c1-6-9(5)10(7-2)11-8(3)4/h9H,3,6-7H2,1-2,4-5H3/t9-/m1/s1. The molecule has 0 aliphatic carbocycles. The quantitative estimate of drug-likeness (QED) is 0.549. The molecule has 64 valence electrons. The topological polar surface area (TPSA) is 12.4 Å². The van der Waals surface area contributed by atoms with Gasteiger partial charge in [-0.25, -0.2) is 0 Å². The van der Waals surface area contributed by atoms with Gasteiger partial charge in [0.25, 0.3) is 0 Å². The first-order valence-corrected chi connectivity index (χ1v) is 4.34. The lowest BCUT2D eigenvalue weighted by Gasteiger charge is -2.10. The molecule has 0 aromatic heterocycles. The third kappa shape index (κ3) is 3.97. The van der Waals surface area contributed by atoms with Crippen molar-refractivity contribution in [3.63, 3.8) is 0 Å². The van der Waals surface area contributed by atoms with E-state index >= 15 is 0 Å². The Labute approximate surface area is 70.2 Å². The SMILES string of the molecule is C=C(C)N=C(CC)[C@H](C)CC. The van der Waals surface area contributed by atoms with Gasteiger partial charge in [0.2, 0.25) is 0 Å². The summed E-state index contributed by atoms with van der Waals surface area (Å²) in [4.78, 5) is 4.39. The summed E-state index contributed by atoms with van der Waals surface area (Å²) in [5.41, 5.74) is 2.20. The third-order valence-corrected chi connectivity index (χ3v) is 1.88. The maximum absolute atomic E-state index is 4.39. The van der Waals surface area contributed by atoms with Crippen molar-refractivity contribution < 1.29 is 0 Å². The van der Waals surface area contributed by atoms with E-state index in [4.69, 9.17) is 0 Å². The second kappa shape index (κ2) is 5.11. The highest BCUT2D eigenvalue weighted by Crippen LogP contribution is 2.09. The summed E-state index contributed by atoms with van der Waals surface area (Å²) in [7, 11) is 0. The first-order chi connectivity index (χ1) is 5.11. The van der Waals surface area contributed by atoms with E-state index < -0.39 is 0 Å². The van der Waals surface area contributed by atoms with Gasteiger partial charge in [-0.05, 0) is 25.7 Å². The van der Waals surface area contributed by atoms with Crippen LogP contribution in [0.15, 0.2) is 17.3 Å². The van der Waals surface area contributed by atoms with Crippen LogP contribution in [0.25, 0.3) is 0 Å². The van der Waals surface area contributed by atoms with Crippen LogP contribution in [-0.2, 0) is 0 Å². The van der Waals surface area contributed by atoms with Gasteiger partial charge in [-0.15, -0.1) is 0 Å². The first kappa shape index (κ1) is 10.4. The molecule has 0 saturated heterocycles. The van der Waals surface area contributed by atoms with Crippen molar-refractivity contribution in [1.29, 1.82) is 0 Å². The smallest absolute Gasteiger partial charge is 0.0300 e. The van der Waals surface area contributed by atoms with E-state index in [0.29, 0.717) is 5.92 Å². The minimum atomic E-state index is 0.608. The van der Waals surface area contributed by atoms with Crippen LogP contribution < -0.4 is 0 Å². The zero-order valence-electron chi connectivity index (χ0n) is 8.15. The van der Waals surface area contributed by atoms with Crippen molar-refractivity contribution >= 4 is 5.71 Å². The predicted octanol–water partition coefficient (Wildman–Crippen LogP) is 3.42. The number of hydrogen-bond donors (Lipinski definition) is 0. The van der Waals surface area contributed by atoms with Gasteiger partial charge in [-0.2, -0.15) is 0 Å². The summed E-state index contributed by atoms with van der Waals surface area (Å²) < 4.78 is 0. The second-order valence-corrected chi connectivity index (χ2v) is 3.00. The van der Waals surface area contributed by atoms with Crippen LogP contribution >= 0.6 is 0 Å². The molecule has 0 radical (unpaired) electrons. The lowest BCUT2D eigenvalue weighted by Crippen LogP contribution is -2.08. The molecular formula is C10H19N. The second-order valence-electron chi connectivity index (χ2n) is 3.00. The number of allylic oxidation sites excluding steroid dienone is 1. The Hall–Kier alpha value is -0.590. The molecule has 0 bridgehead atoms. The Bertz CT molecular complexity index is 156. The van der Waals surface area contributed by atoms with E-state index in [9.17, 15) is 0 Å². The molecule has 0 aromatic carbocycles. The first-order valence-electron chi connectivity index (χ1n) is 4.34. The molecule has 0 heterocycles. The zero-order chi connectivity index (χ0) is 8.85. The molecular weight excluding hydrogens is 134 g/mol. The highest BCUT2D eigenvalue weighted by Gasteiger charge is 2.04. The normalized spacial score (nSPS) is 14.7. The van der Waals surface area contributed by atoms with Crippen LogP contribution in [0.5, 0.6) is 0 Å². The molecule has 1 nitrogen and oxygen atoms in total. The predicted molar refractivity (Wildman–Crippen MR) is 52.0 cm³/mol. The molecule has 0 saturated carbocycles. The Morgan fingerprint density at radius 2 is 2.00 bits per heavy atom. The summed E-state index contributed by atoms with van der Waals surface area (Å²) >= 11 is 0. The fourth-order valence-corrected chi connectivity index (χ4v) is 1.02. The van der Waals surface area contributed by atoms with Crippen molar-refractivity contribution in [3.05, 3.63) is 12.3 Å². The number of rotatable bonds is 4. The summed E-state index contributed by atoms with van der Waals surface area (Å²) in [5.74, 6) is 0.608. The van der Waals surface area contributed by atoms with Gasteiger partial charge in [0.1, 0.15) is 0 Å². The van der Waals surface area contributed by atoms with Gasteiger partial charge in [0, 0.05) is 11.4 Å². The highest BCUT2D eigenvalue weighted by molar-refractivity contribution is 5.86. The Kier molecular flexibility index (Phi) is 4.84. The van der Waals surface area contributed by atoms with E-state index in [-0.39, 0.29) is 0 Å². The van der Waals surface area contributed by atoms with Crippen LogP contribution in [-0.4, -0.2) is 5.71 Å². The van der Waals surface area contributed by atoms with E-state index in [2.05, 4.69) is 32.3 Å². The van der Waals surface area contributed by atoms with Gasteiger partial charge in [-0.1, -0.05) is 27.4 Å². The van der Waals surface area contributed by atoms with Gasteiger partial charge in [0.05, 0.1) is 0 Å². The maximum atomic E-state index is 4.39. The maximum Gasteiger partial charge on any atom is 0.0300 e. The van der Waals surface area contributed by atoms with Gasteiger partial charge in [-0.3, -0.25) is 4.99 Å². The highest BCUT2D eigenvalue weighted by atomic mass is 14.7. The number of aliphatic imine (C=N–C) groups is 1. The lowest BCUT2D eigenvalue weighted by atomic mass is 10.0. The average molecular weight is 153 g/mol. The molecule has 1 heteroatoms. The van der Waals surface area contributed by atoms with Crippen LogP contribution in [0.2, 0.25) is 0 Å². The van der Waals surface area contributed by atoms with Gasteiger partial charge in [0.15, 0.2) is 0 Å². The zero-order valence-corrected chi connectivity index (χ0v) is 8.15. The molecule has 0 spiro atoms. The van der Waals surface area contributed by atoms with Crippen LogP contribution in [0.4, 0.5) is 0 Å². The van der Waals surface area contributed by atoms with E-state index in [0.717, 1.165) is 12.1 Å². The summed E-state index contributed by atoms with van der Waals surface area (Å²) in [6, 6.07) is 0. The Morgan fingerprint density at radius 3 is 2.27 bits per heavy atom. The Balaban J connectivity index is 4.26. The molecule has 0 fully saturated rings. The van der Waals surface area contributed by atoms with E-state index in [1.807, 2.05) is 6.92 Å². The van der Waals surface area contributed by atoms with Gasteiger partial charge < -0.3 is 0 Å². The molecule has 0 aliphatic heterocycles. The van der Waals surface area contributed by atoms with Crippen LogP contribution in [0.3, 0.4) is 0 Å². The molecule has 11 heavy (non-hydrogen) atoms. The Morgan fingerprint density at radius 1 is 1.45 bits per heavy atom. The third-order valence-electron chi connectivity index (χ3n) is 1.88. The molecule has 1 atom stereocenters. The van der Waals surface area contributed by atoms with Crippen molar-refractivity contribution in [3.8, 4) is 0 Å². The summed E-state index contributed by atoms with van der Waals surface area (Å²) in [6.45, 7) is 12.3. The number of nitrogens with zero attached hydrogens (tertiary/aromatic N) is 1. The van der Waals surface area contributed by atoms with Crippen molar-refractivity contribution in [2.75, 3.05) is 0 Å². The van der Waals surface area contributed by atoms with Crippen LogP contribution in [0.1, 0.15) is 40.5 Å². The molecule has 0 rings (SSSR count). The van der Waals surface area contributed by atoms with Crippen molar-refractivity contribution in [2.24, 2.45) is 10.9 Å². The molecule has 0 aromatic rings. The fourth-order valence-electron chi connectivity index (χ4n) is 1.02. The lowest BCUT2D eigenvalue weighted by molar-refractivity contribution is 0.724. The van der Waals surface area contributed by atoms with E-state index in [1.54, 1.807) is 0 Å². The summed E-state index contributed by atoms with van der Waals surface area (Å²) in [6.07, 6.45) is 2.21. The molecule has 0 amide bonds. The van der Waals surface area contributed by atoms with E-state index in [1.165, 1.54) is 12.1 Å². The molecule has 0 N–H and O–H groups in total. The minimum Gasteiger partial charge on any atom is -0.263 e. The molecule has 0 unspecified atom stereocenters. The monoisotopic (exact) mass is 153 g/mol. The van der Waals surface area contributed by atoms with Crippen LogP contribution in [0, 0.1) is 5.92 Å². The van der Waals surface area contributed by atoms with Crippen molar-refractivity contribution in [1.82, 2.24) is 0 Å². The van der Waals surface area contributed by atoms with Gasteiger partial charge >= 0.3 is 0 Å². The molecule has 0 aliphatic rings. The average Bonchev–Trinajstić information content (AvgIpc) is 1.98.